The molecule has 2 aromatic heterocycles. The summed E-state index contributed by atoms with van der Waals surface area (Å²) in [5.41, 5.74) is 1.43. The second-order valence-corrected chi connectivity index (χ2v) is 6.72. The fourth-order valence-electron chi connectivity index (χ4n) is 2.60. The molecule has 8 heteroatoms. The van der Waals surface area contributed by atoms with Crippen LogP contribution in [0, 0.1) is 0 Å². The summed E-state index contributed by atoms with van der Waals surface area (Å²) in [5, 5.41) is 24.7. The molecule has 0 atom stereocenters. The lowest BCUT2D eigenvalue weighted by Crippen LogP contribution is -2.37. The third-order valence-electron chi connectivity index (χ3n) is 3.73. The number of carbonyl (C=O) groups is 1. The van der Waals surface area contributed by atoms with E-state index in [-0.39, 0.29) is 6.54 Å². The number of carboxylic acid groups (broad SMARTS) is 1. The van der Waals surface area contributed by atoms with Crippen molar-refractivity contribution in [1.82, 2.24) is 10.3 Å². The third kappa shape index (κ3) is 3.90. The largest absolute Gasteiger partial charge is 0.530 e. The van der Waals surface area contributed by atoms with Crippen molar-refractivity contribution in [2.75, 3.05) is 13.2 Å². The molecule has 1 amide bonds. The minimum absolute atomic E-state index is 0.275. The molecule has 0 aliphatic carbocycles. The van der Waals surface area contributed by atoms with Crippen LogP contribution in [0.25, 0.3) is 21.1 Å². The topological polar surface area (TPSA) is 98.4 Å². The number of aryl methyl sites for hydroxylation is 1. The van der Waals surface area contributed by atoms with E-state index in [1.807, 2.05) is 12.1 Å². The Balaban J connectivity index is 1.81. The minimum Gasteiger partial charge on any atom is -0.530 e. The van der Waals surface area contributed by atoms with Crippen LogP contribution in [0.3, 0.4) is 0 Å². The fraction of sp³-hybridized carbons (Fsp3) is 0.353. The van der Waals surface area contributed by atoms with Crippen LogP contribution in [0.5, 0.6) is 5.75 Å². The number of thiazole rings is 1. The molecule has 0 saturated carbocycles. The Morgan fingerprint density at radius 2 is 2.32 bits per heavy atom. The van der Waals surface area contributed by atoms with Gasteiger partial charge in [0.25, 0.3) is 5.52 Å². The first-order chi connectivity index (χ1) is 12.1. The van der Waals surface area contributed by atoms with Crippen LogP contribution < -0.4 is 19.9 Å². The second kappa shape index (κ2) is 7.52. The van der Waals surface area contributed by atoms with E-state index in [0.717, 1.165) is 38.2 Å². The van der Waals surface area contributed by atoms with Gasteiger partial charge < -0.3 is 20.0 Å². The predicted molar refractivity (Wildman–Crippen MR) is 92.0 cm³/mol. The van der Waals surface area contributed by atoms with Crippen molar-refractivity contribution in [3.05, 3.63) is 29.4 Å². The number of benzene rings is 1. The van der Waals surface area contributed by atoms with Crippen molar-refractivity contribution in [1.29, 1.82) is 0 Å². The molecular weight excluding hydrogens is 342 g/mol. The molecule has 25 heavy (non-hydrogen) atoms. The first kappa shape index (κ1) is 17.2. The molecule has 0 saturated heterocycles. The van der Waals surface area contributed by atoms with Gasteiger partial charge in [0, 0.05) is 11.3 Å². The maximum Gasteiger partial charge on any atom is 0.269 e. The molecule has 0 bridgehead atoms. The van der Waals surface area contributed by atoms with Gasteiger partial charge in [0.2, 0.25) is 6.20 Å². The lowest BCUT2D eigenvalue weighted by Gasteiger charge is -2.08. The van der Waals surface area contributed by atoms with Crippen LogP contribution in [0.4, 0.5) is 4.79 Å². The van der Waals surface area contributed by atoms with E-state index in [4.69, 9.17) is 4.74 Å². The smallest absolute Gasteiger partial charge is 0.269 e. The number of hydrogen-bond acceptors (Lipinski definition) is 6. The maximum absolute atomic E-state index is 10.3. The van der Waals surface area contributed by atoms with Crippen LogP contribution in [0.1, 0.15) is 24.8 Å². The van der Waals surface area contributed by atoms with Crippen LogP contribution >= 0.6 is 11.3 Å². The third-order valence-corrected chi connectivity index (χ3v) is 4.89. The summed E-state index contributed by atoms with van der Waals surface area (Å²) in [7, 11) is 0. The van der Waals surface area contributed by atoms with E-state index in [0.29, 0.717) is 24.3 Å². The first-order valence-corrected chi connectivity index (χ1v) is 8.95. The zero-order chi connectivity index (χ0) is 17.8. The number of aromatic nitrogens is 2. The molecule has 3 aromatic rings. The fourth-order valence-corrected chi connectivity index (χ4v) is 3.77. The molecule has 132 valence electrons. The van der Waals surface area contributed by atoms with E-state index in [9.17, 15) is 15.1 Å². The Labute approximate surface area is 148 Å². The highest BCUT2D eigenvalue weighted by molar-refractivity contribution is 7.19. The molecule has 0 aliphatic rings. The Morgan fingerprint density at radius 1 is 1.48 bits per heavy atom. The standard InChI is InChI=1S/C17H19N3O4S/c1-2-4-15-19-13-10-20(23)14-9-11(5-6-12(14)16(13)25-15)24-8-3-7-18-17(21)22/h5-6,9-10,18H,2-4,7-8H2,1H3,(H-,21,22,23). The van der Waals surface area contributed by atoms with Crippen molar-refractivity contribution in [2.24, 2.45) is 0 Å². The van der Waals surface area contributed by atoms with Crippen molar-refractivity contribution in [2.45, 2.75) is 26.2 Å². The number of pyridine rings is 1. The maximum atomic E-state index is 10.3. The molecule has 0 unspecified atom stereocenters. The average molecular weight is 361 g/mol. The van der Waals surface area contributed by atoms with Gasteiger partial charge in [-0.1, -0.05) is 6.92 Å². The summed E-state index contributed by atoms with van der Waals surface area (Å²) in [6, 6.07) is 5.51. The number of carbonyl (C=O) groups excluding carboxylic acids is 1. The summed E-state index contributed by atoms with van der Waals surface area (Å²) < 4.78 is 7.73. The Bertz CT molecular complexity index is 910. The Kier molecular flexibility index (Phi) is 5.18. The summed E-state index contributed by atoms with van der Waals surface area (Å²) >= 11 is 1.65. The molecule has 3 rings (SSSR count). The number of amides is 1. The van der Waals surface area contributed by atoms with Gasteiger partial charge >= 0.3 is 0 Å². The van der Waals surface area contributed by atoms with Crippen molar-refractivity contribution in [3.8, 4) is 5.75 Å². The minimum atomic E-state index is -1.29. The van der Waals surface area contributed by atoms with Gasteiger partial charge in [-0.3, -0.25) is 5.21 Å². The molecule has 7 nitrogen and oxygen atoms in total. The molecule has 2 N–H and O–H groups in total. The van der Waals surface area contributed by atoms with E-state index >= 15 is 0 Å². The van der Waals surface area contributed by atoms with Crippen molar-refractivity contribution >= 4 is 38.5 Å². The van der Waals surface area contributed by atoms with Gasteiger partial charge in [-0.15, -0.1) is 11.3 Å². The lowest BCUT2D eigenvalue weighted by atomic mass is 10.2. The zero-order valence-electron chi connectivity index (χ0n) is 13.8. The molecular formula is C17H19N3O4S. The SMILES string of the molecule is CCCc1nc2c[n+](O)c3cc(OCCCNC(=O)[O-])ccc3c2s1. The number of hydrogen-bond donors (Lipinski definition) is 2. The number of rotatable bonds is 7. The van der Waals surface area contributed by atoms with Crippen LogP contribution in [-0.4, -0.2) is 29.4 Å². The monoisotopic (exact) mass is 361 g/mol. The van der Waals surface area contributed by atoms with E-state index < -0.39 is 6.09 Å². The van der Waals surface area contributed by atoms with Crippen LogP contribution in [0.15, 0.2) is 24.4 Å². The summed E-state index contributed by atoms with van der Waals surface area (Å²) in [4.78, 5) is 14.8. The van der Waals surface area contributed by atoms with Gasteiger partial charge in [0.15, 0.2) is 5.52 Å². The van der Waals surface area contributed by atoms with E-state index in [1.165, 1.54) is 0 Å². The predicted octanol–water partition coefficient (Wildman–Crippen LogP) is 1.63. The molecule has 0 fully saturated rings. The second-order valence-electron chi connectivity index (χ2n) is 5.64. The number of ether oxygens (including phenoxy) is 1. The number of nitrogens with one attached hydrogen (secondary N) is 1. The van der Waals surface area contributed by atoms with Crippen molar-refractivity contribution in [3.63, 3.8) is 0 Å². The molecule has 0 aliphatic heterocycles. The average Bonchev–Trinajstić information content (AvgIpc) is 2.97. The quantitative estimate of drug-likeness (QED) is 0.379. The summed E-state index contributed by atoms with van der Waals surface area (Å²) in [6.07, 6.45) is 2.80. The zero-order valence-corrected chi connectivity index (χ0v) is 14.6. The molecule has 0 spiro atoms. The van der Waals surface area contributed by atoms with Gasteiger partial charge in [0.05, 0.1) is 27.8 Å². The first-order valence-electron chi connectivity index (χ1n) is 8.13. The van der Waals surface area contributed by atoms with Gasteiger partial charge in [-0.05, 0) is 31.4 Å². The van der Waals surface area contributed by atoms with Gasteiger partial charge in [-0.25, -0.2) is 4.98 Å². The van der Waals surface area contributed by atoms with Gasteiger partial charge in [0.1, 0.15) is 11.8 Å². The molecule has 0 radical (unpaired) electrons. The van der Waals surface area contributed by atoms with E-state index in [2.05, 4.69) is 17.2 Å². The van der Waals surface area contributed by atoms with Gasteiger partial charge in [-0.2, -0.15) is 0 Å². The Morgan fingerprint density at radius 3 is 3.08 bits per heavy atom. The number of fused-ring (bicyclic) bond motifs is 3. The Hall–Kier alpha value is -2.61. The highest BCUT2D eigenvalue weighted by atomic mass is 32.1. The van der Waals surface area contributed by atoms with Crippen molar-refractivity contribution < 1.29 is 24.6 Å². The normalized spacial score (nSPS) is 11.1. The number of nitrogens with zero attached hydrogens (tertiary/aromatic N) is 2. The highest BCUT2D eigenvalue weighted by Gasteiger charge is 2.18. The van der Waals surface area contributed by atoms with E-state index in [1.54, 1.807) is 23.6 Å². The van der Waals surface area contributed by atoms with Crippen LogP contribution in [0.2, 0.25) is 0 Å². The molecule has 1 aromatic carbocycles. The summed E-state index contributed by atoms with van der Waals surface area (Å²) in [5.74, 6) is 0.612. The lowest BCUT2D eigenvalue weighted by molar-refractivity contribution is -0.883. The molecule has 2 heterocycles. The van der Waals surface area contributed by atoms with Crippen LogP contribution in [-0.2, 0) is 6.42 Å². The summed E-state index contributed by atoms with van der Waals surface area (Å²) in [6.45, 7) is 2.75. The highest BCUT2D eigenvalue weighted by Crippen LogP contribution is 2.30.